The highest BCUT2D eigenvalue weighted by Crippen LogP contribution is 2.25. The van der Waals surface area contributed by atoms with Crippen LogP contribution >= 0.6 is 0 Å². The van der Waals surface area contributed by atoms with Gasteiger partial charge >= 0.3 is 0 Å². The minimum absolute atomic E-state index is 0.0337. The molecule has 0 bridgehead atoms. The number of carbonyl (C=O) groups excluding carboxylic acids is 2. The van der Waals surface area contributed by atoms with Crippen molar-refractivity contribution >= 4 is 17.5 Å². The molecule has 0 spiro atoms. The fourth-order valence-electron chi connectivity index (χ4n) is 4.13. The largest absolute Gasteiger partial charge is 0.359 e. The number of nitrogens with zero attached hydrogens (tertiary/aromatic N) is 2. The minimum Gasteiger partial charge on any atom is -0.359 e. The van der Waals surface area contributed by atoms with Crippen molar-refractivity contribution in [1.82, 2.24) is 20.4 Å². The molecule has 1 aliphatic heterocycles. The number of amides is 2. The standard InChI is InChI=1S/C23H32N2.C6H10N2O2.4C2H6/c1-6-8-12-22(16-19(5)15-18(3)4)25-23(13-14-24-25)21-11-9-10-20(7-2)17-21;1-7-6(10)4-2-5(9)8-3-4;4*1-2/h9-14,16-18H,6-8,15H2,1-5H3;4H,2-3H2,1H3,(H,7,10)(H,8,9);4*1-2H3/b19-16+,22-12+;;;;;/t;4-;;;;/m.0..../s1. The predicted molar refractivity (Wildman–Crippen MR) is 190 cm³/mol. The summed E-state index contributed by atoms with van der Waals surface area (Å²) in [5.41, 5.74) is 6.33. The quantitative estimate of drug-likeness (QED) is 0.282. The van der Waals surface area contributed by atoms with E-state index in [2.05, 4.69) is 97.5 Å². The third-order valence-corrected chi connectivity index (χ3v) is 5.88. The molecule has 2 N–H and O–H groups in total. The normalized spacial score (nSPS) is 13.7. The van der Waals surface area contributed by atoms with Gasteiger partial charge in [0.2, 0.25) is 11.8 Å². The van der Waals surface area contributed by atoms with Crippen molar-refractivity contribution in [2.45, 2.75) is 122 Å². The van der Waals surface area contributed by atoms with Gasteiger partial charge in [-0.25, -0.2) is 4.68 Å². The van der Waals surface area contributed by atoms with Gasteiger partial charge in [-0.1, -0.05) is 119 Å². The van der Waals surface area contributed by atoms with Crippen molar-refractivity contribution in [3.63, 3.8) is 0 Å². The highest BCUT2D eigenvalue weighted by atomic mass is 16.2. The van der Waals surface area contributed by atoms with Crippen LogP contribution in [0.25, 0.3) is 17.0 Å². The molecule has 0 saturated carbocycles. The average molecular weight is 599 g/mol. The summed E-state index contributed by atoms with van der Waals surface area (Å²) in [5, 5.41) is 9.72. The molecule has 43 heavy (non-hydrogen) atoms. The number of hydrogen-bond donors (Lipinski definition) is 2. The van der Waals surface area contributed by atoms with E-state index >= 15 is 0 Å². The van der Waals surface area contributed by atoms with Crippen LogP contribution in [0.4, 0.5) is 0 Å². The zero-order chi connectivity index (χ0) is 33.8. The van der Waals surface area contributed by atoms with Gasteiger partial charge in [0.1, 0.15) is 0 Å². The van der Waals surface area contributed by atoms with Crippen LogP contribution in [0, 0.1) is 11.8 Å². The van der Waals surface area contributed by atoms with Gasteiger partial charge in [0.15, 0.2) is 0 Å². The Morgan fingerprint density at radius 1 is 1.07 bits per heavy atom. The Balaban J connectivity index is -0.000000738. The summed E-state index contributed by atoms with van der Waals surface area (Å²) in [6.45, 7) is 27.7. The molecule has 2 amide bonds. The molecule has 1 aromatic carbocycles. The van der Waals surface area contributed by atoms with Crippen molar-refractivity contribution in [1.29, 1.82) is 0 Å². The molecule has 0 aliphatic carbocycles. The van der Waals surface area contributed by atoms with Crippen LogP contribution in [0.15, 0.2) is 54.3 Å². The lowest BCUT2D eigenvalue weighted by Gasteiger charge is -2.12. The molecule has 3 rings (SSSR count). The molecule has 1 saturated heterocycles. The van der Waals surface area contributed by atoms with Gasteiger partial charge in [0.25, 0.3) is 0 Å². The van der Waals surface area contributed by atoms with E-state index in [-0.39, 0.29) is 17.7 Å². The first-order valence-corrected chi connectivity index (χ1v) is 16.8. The molecule has 1 fully saturated rings. The van der Waals surface area contributed by atoms with Gasteiger partial charge in [-0.3, -0.25) is 9.59 Å². The van der Waals surface area contributed by atoms with Crippen LogP contribution in [-0.2, 0) is 16.0 Å². The fourth-order valence-corrected chi connectivity index (χ4v) is 4.13. The summed E-state index contributed by atoms with van der Waals surface area (Å²) in [6, 6.07) is 10.9. The maximum absolute atomic E-state index is 10.9. The molecule has 1 atom stereocenters. The Morgan fingerprint density at radius 2 is 1.70 bits per heavy atom. The van der Waals surface area contributed by atoms with Crippen molar-refractivity contribution in [2.75, 3.05) is 13.6 Å². The number of nitrogens with one attached hydrogen (secondary N) is 2. The molecule has 6 nitrogen and oxygen atoms in total. The summed E-state index contributed by atoms with van der Waals surface area (Å²) < 4.78 is 2.09. The van der Waals surface area contributed by atoms with E-state index in [0.717, 1.165) is 31.4 Å². The molecule has 6 heteroatoms. The van der Waals surface area contributed by atoms with Gasteiger partial charge in [-0.05, 0) is 55.9 Å². The van der Waals surface area contributed by atoms with E-state index in [0.29, 0.717) is 18.9 Å². The number of allylic oxidation sites excluding steroid dienone is 4. The number of rotatable bonds is 9. The monoisotopic (exact) mass is 599 g/mol. The lowest BCUT2D eigenvalue weighted by atomic mass is 10.0. The van der Waals surface area contributed by atoms with E-state index < -0.39 is 0 Å². The van der Waals surface area contributed by atoms with Gasteiger partial charge in [-0.2, -0.15) is 5.10 Å². The van der Waals surface area contributed by atoms with Crippen molar-refractivity contribution < 1.29 is 9.59 Å². The first-order valence-electron chi connectivity index (χ1n) is 16.8. The maximum atomic E-state index is 10.9. The number of carbonyl (C=O) groups is 2. The lowest BCUT2D eigenvalue weighted by molar-refractivity contribution is -0.126. The Hall–Kier alpha value is -3.15. The molecule has 2 aromatic rings. The van der Waals surface area contributed by atoms with E-state index in [9.17, 15) is 9.59 Å². The molecule has 1 aromatic heterocycles. The van der Waals surface area contributed by atoms with Crippen LogP contribution < -0.4 is 10.6 Å². The van der Waals surface area contributed by atoms with E-state index in [1.165, 1.54) is 22.4 Å². The second kappa shape index (κ2) is 28.9. The number of aromatic nitrogens is 2. The number of aryl methyl sites for hydroxylation is 1. The summed E-state index contributed by atoms with van der Waals surface area (Å²) >= 11 is 0. The van der Waals surface area contributed by atoms with Crippen LogP contribution in [0.3, 0.4) is 0 Å². The van der Waals surface area contributed by atoms with E-state index in [1.54, 1.807) is 7.05 Å². The van der Waals surface area contributed by atoms with Crippen LogP contribution in [0.5, 0.6) is 0 Å². The SMILES string of the molecule is CC.CC.CC.CC.CCC/C=C(\C=C(/C)CC(C)C)n1nccc1-c1cccc(CC)c1.CNC(=O)[C@@H]1CNC(=O)C1. The fraction of sp³-hybridized carbons (Fsp3) is 0.595. The summed E-state index contributed by atoms with van der Waals surface area (Å²) in [7, 11) is 1.57. The van der Waals surface area contributed by atoms with Gasteiger partial charge in [0, 0.05) is 25.6 Å². The predicted octanol–water partition coefficient (Wildman–Crippen LogP) is 9.72. The van der Waals surface area contributed by atoms with Crippen molar-refractivity contribution in [3.8, 4) is 11.3 Å². The smallest absolute Gasteiger partial charge is 0.225 e. The first kappa shape index (κ1) is 44.3. The third-order valence-electron chi connectivity index (χ3n) is 5.88. The Labute approximate surface area is 265 Å². The minimum atomic E-state index is -0.155. The topological polar surface area (TPSA) is 76.0 Å². The second-order valence-electron chi connectivity index (χ2n) is 9.51. The molecule has 246 valence electrons. The van der Waals surface area contributed by atoms with Gasteiger partial charge in [-0.15, -0.1) is 0 Å². The lowest BCUT2D eigenvalue weighted by Crippen LogP contribution is -2.28. The van der Waals surface area contributed by atoms with E-state index in [4.69, 9.17) is 0 Å². The Bertz CT molecular complexity index is 1030. The molecule has 2 heterocycles. The second-order valence-corrected chi connectivity index (χ2v) is 9.51. The summed E-state index contributed by atoms with van der Waals surface area (Å²) in [6.07, 6.45) is 11.2. The van der Waals surface area contributed by atoms with Crippen LogP contribution in [0.1, 0.15) is 121 Å². The van der Waals surface area contributed by atoms with Gasteiger partial charge in [0.05, 0.1) is 23.5 Å². The molecular weight excluding hydrogens is 532 g/mol. The zero-order valence-corrected chi connectivity index (χ0v) is 30.2. The first-order chi connectivity index (χ1) is 20.8. The maximum Gasteiger partial charge on any atom is 0.225 e. The molecule has 1 aliphatic rings. The third kappa shape index (κ3) is 18.2. The molecule has 0 radical (unpaired) electrons. The number of hydrogen-bond acceptors (Lipinski definition) is 3. The highest BCUT2D eigenvalue weighted by molar-refractivity contribution is 5.88. The van der Waals surface area contributed by atoms with E-state index in [1.807, 2.05) is 61.6 Å². The zero-order valence-electron chi connectivity index (χ0n) is 30.2. The van der Waals surface area contributed by atoms with Crippen molar-refractivity contribution in [2.24, 2.45) is 11.8 Å². The number of benzene rings is 1. The van der Waals surface area contributed by atoms with Crippen LogP contribution in [0.2, 0.25) is 0 Å². The number of unbranched alkanes of at least 4 members (excludes halogenated alkanes) is 1. The Morgan fingerprint density at radius 3 is 2.19 bits per heavy atom. The summed E-state index contributed by atoms with van der Waals surface area (Å²) in [5.74, 6) is 0.423. The van der Waals surface area contributed by atoms with Gasteiger partial charge < -0.3 is 10.6 Å². The summed E-state index contributed by atoms with van der Waals surface area (Å²) in [4.78, 5) is 21.4. The van der Waals surface area contributed by atoms with Crippen LogP contribution in [-0.4, -0.2) is 35.2 Å². The average Bonchev–Trinajstić information content (AvgIpc) is 3.72. The molecular formula is C37H66N4O2. The highest BCUT2D eigenvalue weighted by Gasteiger charge is 2.26. The van der Waals surface area contributed by atoms with Crippen molar-refractivity contribution in [3.05, 3.63) is 59.8 Å². The Kier molecular flexibility index (Phi) is 29.8. The molecule has 0 unspecified atom stereocenters.